The zero-order valence-electron chi connectivity index (χ0n) is 20.7. The van der Waals surface area contributed by atoms with Crippen molar-refractivity contribution in [3.63, 3.8) is 0 Å². The summed E-state index contributed by atoms with van der Waals surface area (Å²) in [5, 5.41) is 2.98. The van der Waals surface area contributed by atoms with Crippen molar-refractivity contribution in [3.8, 4) is 5.75 Å². The van der Waals surface area contributed by atoms with Crippen LogP contribution in [0.25, 0.3) is 0 Å². The van der Waals surface area contributed by atoms with E-state index in [0.29, 0.717) is 12.2 Å². The summed E-state index contributed by atoms with van der Waals surface area (Å²) in [7, 11) is 0. The molecule has 2 atom stereocenters. The van der Waals surface area contributed by atoms with Gasteiger partial charge in [0.05, 0.1) is 0 Å². The lowest BCUT2D eigenvalue weighted by Crippen LogP contribution is -2.51. The first-order chi connectivity index (χ1) is 15.6. The van der Waals surface area contributed by atoms with E-state index < -0.39 is 6.04 Å². The lowest BCUT2D eigenvalue weighted by atomic mass is 9.86. The van der Waals surface area contributed by atoms with Gasteiger partial charge in [0.2, 0.25) is 5.91 Å². The second kappa shape index (κ2) is 11.8. The number of hydrogen-bond donors (Lipinski definition) is 1. The topological polar surface area (TPSA) is 58.6 Å². The van der Waals surface area contributed by atoms with Gasteiger partial charge >= 0.3 is 0 Å². The Morgan fingerprint density at radius 2 is 1.67 bits per heavy atom. The lowest BCUT2D eigenvalue weighted by Gasteiger charge is -2.31. The minimum absolute atomic E-state index is 0.00392. The van der Waals surface area contributed by atoms with Crippen molar-refractivity contribution < 1.29 is 18.7 Å². The van der Waals surface area contributed by atoms with Gasteiger partial charge in [-0.25, -0.2) is 4.39 Å². The van der Waals surface area contributed by atoms with E-state index in [1.54, 1.807) is 12.1 Å². The minimum Gasteiger partial charge on any atom is -0.483 e. The van der Waals surface area contributed by atoms with E-state index in [1.807, 2.05) is 45.0 Å². The van der Waals surface area contributed by atoms with Gasteiger partial charge in [-0.15, -0.1) is 0 Å². The molecule has 2 unspecified atom stereocenters. The first-order valence-corrected chi connectivity index (χ1v) is 11.6. The Kier molecular flexibility index (Phi) is 9.44. The quantitative estimate of drug-likeness (QED) is 0.533. The molecule has 33 heavy (non-hydrogen) atoms. The number of halogens is 1. The second-order valence-corrected chi connectivity index (χ2v) is 9.42. The highest BCUT2D eigenvalue weighted by atomic mass is 19.1. The summed E-state index contributed by atoms with van der Waals surface area (Å²) in [5.41, 5.74) is 1.61. The van der Waals surface area contributed by atoms with Gasteiger partial charge in [-0.05, 0) is 54.5 Å². The van der Waals surface area contributed by atoms with Crippen molar-refractivity contribution in [2.75, 3.05) is 6.61 Å². The summed E-state index contributed by atoms with van der Waals surface area (Å²) in [6, 6.07) is 13.0. The van der Waals surface area contributed by atoms with Gasteiger partial charge in [-0.2, -0.15) is 0 Å². The molecule has 2 amide bonds. The molecule has 5 nitrogen and oxygen atoms in total. The van der Waals surface area contributed by atoms with Crippen molar-refractivity contribution in [2.45, 2.75) is 78.4 Å². The molecule has 0 aliphatic carbocycles. The molecule has 0 saturated heterocycles. The summed E-state index contributed by atoms with van der Waals surface area (Å²) < 4.78 is 19.4. The summed E-state index contributed by atoms with van der Waals surface area (Å²) in [5.74, 6) is -0.191. The van der Waals surface area contributed by atoms with Gasteiger partial charge < -0.3 is 15.0 Å². The predicted molar refractivity (Wildman–Crippen MR) is 130 cm³/mol. The molecule has 2 rings (SSSR count). The molecule has 0 spiro atoms. The van der Waals surface area contributed by atoms with Crippen LogP contribution in [0.5, 0.6) is 5.75 Å². The first-order valence-electron chi connectivity index (χ1n) is 11.6. The van der Waals surface area contributed by atoms with Gasteiger partial charge in [0.1, 0.15) is 17.6 Å². The van der Waals surface area contributed by atoms with Crippen LogP contribution in [0.2, 0.25) is 0 Å². The molecule has 0 aliphatic rings. The average Bonchev–Trinajstić information content (AvgIpc) is 2.78. The van der Waals surface area contributed by atoms with Crippen LogP contribution in [0.3, 0.4) is 0 Å². The molecule has 2 aromatic carbocycles. The summed E-state index contributed by atoms with van der Waals surface area (Å²) in [6.07, 6.45) is 1.24. The van der Waals surface area contributed by atoms with E-state index in [-0.39, 0.29) is 42.2 Å². The number of hydrogen-bond acceptors (Lipinski definition) is 3. The molecule has 0 bridgehead atoms. The molecule has 6 heteroatoms. The summed E-state index contributed by atoms with van der Waals surface area (Å²) in [6.45, 7) is 12.1. The minimum atomic E-state index is -0.655. The Hall–Kier alpha value is -2.89. The van der Waals surface area contributed by atoms with Crippen LogP contribution in [0, 0.1) is 5.82 Å². The molecule has 180 valence electrons. The first kappa shape index (κ1) is 26.4. The maximum atomic E-state index is 13.4. The maximum Gasteiger partial charge on any atom is 0.261 e. The van der Waals surface area contributed by atoms with Crippen LogP contribution in [0.1, 0.15) is 65.5 Å². The van der Waals surface area contributed by atoms with Crippen LogP contribution >= 0.6 is 0 Å². The normalized spacial score (nSPS) is 13.2. The van der Waals surface area contributed by atoms with E-state index >= 15 is 0 Å². The average molecular weight is 457 g/mol. The molecule has 0 aliphatic heterocycles. The third kappa shape index (κ3) is 7.58. The predicted octanol–water partition coefficient (Wildman–Crippen LogP) is 5.22. The fraction of sp³-hybridized carbons (Fsp3) is 0.481. The smallest absolute Gasteiger partial charge is 0.261 e. The standard InChI is InChI=1S/C27H37FN2O3/c1-7-19(3)29-26(32)23(8-2)30(17-20-13-15-21(28)16-14-20)25(31)18-33-24-12-10-9-11-22(24)27(4,5)6/h9-16,19,23H,7-8,17-18H2,1-6H3,(H,29,32). The van der Waals surface area contributed by atoms with Gasteiger partial charge in [0.25, 0.3) is 5.91 Å². The molecule has 1 N–H and O–H groups in total. The highest BCUT2D eigenvalue weighted by Gasteiger charge is 2.30. The number of benzene rings is 2. The van der Waals surface area contributed by atoms with Crippen LogP contribution in [0.4, 0.5) is 4.39 Å². The van der Waals surface area contributed by atoms with E-state index in [0.717, 1.165) is 17.5 Å². The van der Waals surface area contributed by atoms with Crippen molar-refractivity contribution in [3.05, 3.63) is 65.5 Å². The Morgan fingerprint density at radius 1 is 1.03 bits per heavy atom. The summed E-state index contributed by atoms with van der Waals surface area (Å²) >= 11 is 0. The number of nitrogens with zero attached hydrogens (tertiary/aromatic N) is 1. The highest BCUT2D eigenvalue weighted by molar-refractivity contribution is 5.88. The van der Waals surface area contributed by atoms with Crippen molar-refractivity contribution >= 4 is 11.8 Å². The van der Waals surface area contributed by atoms with Gasteiger partial charge in [0, 0.05) is 12.6 Å². The third-order valence-electron chi connectivity index (χ3n) is 5.70. The second-order valence-electron chi connectivity index (χ2n) is 9.42. The van der Waals surface area contributed by atoms with Gasteiger partial charge in [0.15, 0.2) is 6.61 Å². The number of carbonyl (C=O) groups is 2. The fourth-order valence-corrected chi connectivity index (χ4v) is 3.58. The third-order valence-corrected chi connectivity index (χ3v) is 5.70. The van der Waals surface area contributed by atoms with Crippen molar-refractivity contribution in [2.24, 2.45) is 0 Å². The zero-order valence-corrected chi connectivity index (χ0v) is 20.7. The molecule has 0 saturated carbocycles. The molecule has 2 aromatic rings. The molecular formula is C27H37FN2O3. The maximum absolute atomic E-state index is 13.4. The van der Waals surface area contributed by atoms with Crippen LogP contribution < -0.4 is 10.1 Å². The zero-order chi connectivity index (χ0) is 24.6. The monoisotopic (exact) mass is 456 g/mol. The fourth-order valence-electron chi connectivity index (χ4n) is 3.58. The van der Waals surface area contributed by atoms with Crippen molar-refractivity contribution in [1.82, 2.24) is 10.2 Å². The largest absolute Gasteiger partial charge is 0.483 e. The molecule has 0 fully saturated rings. The van der Waals surface area contributed by atoms with Crippen LogP contribution in [-0.4, -0.2) is 35.4 Å². The lowest BCUT2D eigenvalue weighted by molar-refractivity contribution is -0.143. The molecule has 0 aromatic heterocycles. The SMILES string of the molecule is CCC(C)NC(=O)C(CC)N(Cc1ccc(F)cc1)C(=O)COc1ccccc1C(C)(C)C. The van der Waals surface area contributed by atoms with E-state index in [1.165, 1.54) is 17.0 Å². The Balaban J connectivity index is 2.27. The number of ether oxygens (including phenoxy) is 1. The van der Waals surface area contributed by atoms with Crippen molar-refractivity contribution in [1.29, 1.82) is 0 Å². The van der Waals surface area contributed by atoms with E-state index in [4.69, 9.17) is 4.74 Å². The molecule has 0 heterocycles. The van der Waals surface area contributed by atoms with E-state index in [9.17, 15) is 14.0 Å². The molecule has 0 radical (unpaired) electrons. The van der Waals surface area contributed by atoms with Crippen LogP contribution in [-0.2, 0) is 21.5 Å². The van der Waals surface area contributed by atoms with Gasteiger partial charge in [-0.1, -0.05) is 65.0 Å². The number of nitrogens with one attached hydrogen (secondary N) is 1. The highest BCUT2D eigenvalue weighted by Crippen LogP contribution is 2.31. The van der Waals surface area contributed by atoms with Gasteiger partial charge in [-0.3, -0.25) is 9.59 Å². The Morgan fingerprint density at radius 3 is 2.24 bits per heavy atom. The molecular weight excluding hydrogens is 419 g/mol. The number of amides is 2. The van der Waals surface area contributed by atoms with E-state index in [2.05, 4.69) is 26.1 Å². The van der Waals surface area contributed by atoms with Crippen LogP contribution in [0.15, 0.2) is 48.5 Å². The number of rotatable bonds is 10. The number of carbonyl (C=O) groups excluding carboxylic acids is 2. The Bertz CT molecular complexity index is 922. The Labute approximate surface area is 197 Å². The summed E-state index contributed by atoms with van der Waals surface area (Å²) in [4.78, 5) is 27.9. The number of para-hydroxylation sites is 1.